The van der Waals surface area contributed by atoms with Crippen LogP contribution < -0.4 is 9.64 Å². The molecule has 4 heterocycles. The quantitative estimate of drug-likeness (QED) is 0.620. The lowest BCUT2D eigenvalue weighted by atomic mass is 10.1. The Morgan fingerprint density at radius 1 is 1.06 bits per heavy atom. The molecule has 1 atom stereocenters. The average molecular weight is 458 g/mol. The van der Waals surface area contributed by atoms with Crippen molar-refractivity contribution in [3.63, 3.8) is 0 Å². The summed E-state index contributed by atoms with van der Waals surface area (Å²) in [5.41, 5.74) is 0.955. The van der Waals surface area contributed by atoms with Gasteiger partial charge < -0.3 is 24.2 Å². The minimum atomic E-state index is -3.48. The first-order chi connectivity index (χ1) is 15.4. The highest BCUT2D eigenvalue weighted by molar-refractivity contribution is 7.90. The highest BCUT2D eigenvalue weighted by Gasteiger charge is 2.37. The van der Waals surface area contributed by atoms with Gasteiger partial charge in [-0.25, -0.2) is 8.42 Å². The standard InChI is InChI=1S/C21H22N4O6S/c26-20(15-5-6-19-22-32(28,29)12-9-24(19)13-15)25-14-18(21(27)23-7-10-30-11-8-23)31-17-4-2-1-3-16(17)25/h1-6,13,18H,7-12,14H2/t18-/m0/s1. The molecule has 1 saturated heterocycles. The Hall–Kier alpha value is -3.18. The van der Waals surface area contributed by atoms with Crippen LogP contribution in [0.2, 0.25) is 0 Å². The number of amides is 2. The largest absolute Gasteiger partial charge is 0.476 e. The molecule has 0 unspecified atom stereocenters. The SMILES string of the molecule is O=C([C@@H]1CN(C(=O)C2=CN3CCS(=O)(=O)N=C3C=C2)c2ccccc2O1)N1CCOCC1. The third-order valence-electron chi connectivity index (χ3n) is 5.69. The molecule has 5 rings (SSSR count). The lowest BCUT2D eigenvalue weighted by Gasteiger charge is -2.37. The van der Waals surface area contributed by atoms with E-state index in [1.165, 1.54) is 6.08 Å². The van der Waals surface area contributed by atoms with Crippen LogP contribution in [0.25, 0.3) is 0 Å². The molecule has 2 amide bonds. The first kappa shape index (κ1) is 20.7. The monoisotopic (exact) mass is 458 g/mol. The zero-order chi connectivity index (χ0) is 22.3. The molecule has 0 N–H and O–H groups in total. The zero-order valence-corrected chi connectivity index (χ0v) is 18.0. The number of para-hydroxylation sites is 2. The van der Waals surface area contributed by atoms with Crippen molar-refractivity contribution in [1.29, 1.82) is 0 Å². The number of hydrogen-bond donors (Lipinski definition) is 0. The fraction of sp³-hybridized carbons (Fsp3) is 0.381. The number of amidine groups is 1. The Bertz CT molecular complexity index is 1150. The molecule has 1 fully saturated rings. The predicted molar refractivity (Wildman–Crippen MR) is 116 cm³/mol. The number of anilines is 1. The molecular weight excluding hydrogens is 436 g/mol. The van der Waals surface area contributed by atoms with Gasteiger partial charge in [0.1, 0.15) is 11.6 Å². The van der Waals surface area contributed by atoms with E-state index in [1.54, 1.807) is 51.2 Å². The van der Waals surface area contributed by atoms with Crippen LogP contribution in [0.5, 0.6) is 5.75 Å². The van der Waals surface area contributed by atoms with Gasteiger partial charge in [-0.15, -0.1) is 4.40 Å². The molecule has 168 valence electrons. The number of benzene rings is 1. The lowest BCUT2D eigenvalue weighted by Crippen LogP contribution is -2.54. The number of carbonyl (C=O) groups excluding carboxylic acids is 2. The molecular formula is C21H22N4O6S. The van der Waals surface area contributed by atoms with Gasteiger partial charge in [0.05, 0.1) is 36.8 Å². The van der Waals surface area contributed by atoms with E-state index in [0.717, 1.165) is 0 Å². The van der Waals surface area contributed by atoms with Gasteiger partial charge in [0, 0.05) is 25.8 Å². The molecule has 1 aromatic carbocycles. The zero-order valence-electron chi connectivity index (χ0n) is 17.2. The summed E-state index contributed by atoms with van der Waals surface area (Å²) in [5.74, 6) is 0.161. The summed E-state index contributed by atoms with van der Waals surface area (Å²) in [6, 6.07) is 7.10. The van der Waals surface area contributed by atoms with Crippen molar-refractivity contribution in [1.82, 2.24) is 9.80 Å². The van der Waals surface area contributed by atoms with E-state index < -0.39 is 16.1 Å². The third-order valence-corrected chi connectivity index (χ3v) is 6.85. The van der Waals surface area contributed by atoms with Crippen molar-refractivity contribution >= 4 is 33.4 Å². The maximum atomic E-state index is 13.5. The number of rotatable bonds is 2. The van der Waals surface area contributed by atoms with Gasteiger partial charge in [-0.05, 0) is 24.3 Å². The second kappa shape index (κ2) is 8.06. The Balaban J connectivity index is 1.42. The number of carbonyl (C=O) groups is 2. The summed E-state index contributed by atoms with van der Waals surface area (Å²) in [7, 11) is -3.48. The number of nitrogens with zero attached hydrogens (tertiary/aromatic N) is 4. The molecule has 10 nitrogen and oxygen atoms in total. The minimum absolute atomic E-state index is 0.0759. The van der Waals surface area contributed by atoms with E-state index in [-0.39, 0.29) is 36.5 Å². The highest BCUT2D eigenvalue weighted by atomic mass is 32.2. The van der Waals surface area contributed by atoms with Crippen molar-refractivity contribution in [2.75, 3.05) is 50.0 Å². The normalized spacial score (nSPS) is 24.0. The average Bonchev–Trinajstić information content (AvgIpc) is 2.82. The Kier molecular flexibility index (Phi) is 5.22. The van der Waals surface area contributed by atoms with Crippen molar-refractivity contribution in [2.45, 2.75) is 6.10 Å². The molecule has 0 radical (unpaired) electrons. The molecule has 4 aliphatic heterocycles. The summed E-state index contributed by atoms with van der Waals surface area (Å²) in [4.78, 5) is 31.4. The van der Waals surface area contributed by atoms with Gasteiger partial charge in [-0.2, -0.15) is 0 Å². The van der Waals surface area contributed by atoms with Gasteiger partial charge in [0.15, 0.2) is 6.10 Å². The van der Waals surface area contributed by atoms with Crippen LogP contribution in [-0.4, -0.2) is 87.1 Å². The van der Waals surface area contributed by atoms with E-state index in [4.69, 9.17) is 9.47 Å². The van der Waals surface area contributed by atoms with Crippen LogP contribution in [0.1, 0.15) is 0 Å². The molecule has 0 aromatic heterocycles. The summed E-state index contributed by atoms with van der Waals surface area (Å²) < 4.78 is 38.5. The molecule has 1 aromatic rings. The smallest absolute Gasteiger partial charge is 0.265 e. The first-order valence-corrected chi connectivity index (χ1v) is 12.0. The Labute approximate surface area is 185 Å². The predicted octanol–water partition coefficient (Wildman–Crippen LogP) is 0.137. The van der Waals surface area contributed by atoms with Crippen LogP contribution in [0.4, 0.5) is 5.69 Å². The fourth-order valence-electron chi connectivity index (χ4n) is 4.03. The molecule has 4 aliphatic rings. The maximum Gasteiger partial charge on any atom is 0.265 e. The van der Waals surface area contributed by atoms with Crippen LogP contribution >= 0.6 is 0 Å². The van der Waals surface area contributed by atoms with Gasteiger partial charge in [-0.1, -0.05) is 12.1 Å². The van der Waals surface area contributed by atoms with Crippen LogP contribution in [0, 0.1) is 0 Å². The molecule has 0 aliphatic carbocycles. The number of sulfonamides is 1. The van der Waals surface area contributed by atoms with Gasteiger partial charge >= 0.3 is 0 Å². The van der Waals surface area contributed by atoms with E-state index in [1.807, 2.05) is 0 Å². The van der Waals surface area contributed by atoms with Gasteiger partial charge in [-0.3, -0.25) is 9.59 Å². The first-order valence-electron chi connectivity index (χ1n) is 10.3. The molecule has 32 heavy (non-hydrogen) atoms. The Morgan fingerprint density at radius 2 is 1.84 bits per heavy atom. The molecule has 0 bridgehead atoms. The molecule has 11 heteroatoms. The van der Waals surface area contributed by atoms with Crippen LogP contribution in [0.15, 0.2) is 52.6 Å². The van der Waals surface area contributed by atoms with Crippen molar-refractivity contribution in [3.05, 3.63) is 48.2 Å². The van der Waals surface area contributed by atoms with Gasteiger partial charge in [0.2, 0.25) is 0 Å². The molecule has 0 spiro atoms. The number of morpholine rings is 1. The third kappa shape index (κ3) is 3.89. The van der Waals surface area contributed by atoms with E-state index in [0.29, 0.717) is 43.3 Å². The Morgan fingerprint density at radius 3 is 2.66 bits per heavy atom. The van der Waals surface area contributed by atoms with E-state index in [2.05, 4.69) is 4.40 Å². The maximum absolute atomic E-state index is 13.5. The van der Waals surface area contributed by atoms with Crippen molar-refractivity contribution in [3.8, 4) is 5.75 Å². The second-order valence-electron chi connectivity index (χ2n) is 7.77. The topological polar surface area (TPSA) is 109 Å². The minimum Gasteiger partial charge on any atom is -0.476 e. The summed E-state index contributed by atoms with van der Waals surface area (Å²) in [5, 5.41) is 0. The van der Waals surface area contributed by atoms with E-state index in [9.17, 15) is 18.0 Å². The van der Waals surface area contributed by atoms with E-state index >= 15 is 0 Å². The molecule has 0 saturated carbocycles. The van der Waals surface area contributed by atoms with Gasteiger partial charge in [0.25, 0.3) is 21.8 Å². The fourth-order valence-corrected chi connectivity index (χ4v) is 5.00. The van der Waals surface area contributed by atoms with Crippen LogP contribution in [0.3, 0.4) is 0 Å². The number of hydrogen-bond acceptors (Lipinski definition) is 7. The van der Waals surface area contributed by atoms with Crippen molar-refractivity contribution < 1.29 is 27.5 Å². The number of ether oxygens (including phenoxy) is 2. The number of fused-ring (bicyclic) bond motifs is 2. The highest BCUT2D eigenvalue weighted by Crippen LogP contribution is 2.35. The summed E-state index contributed by atoms with van der Waals surface area (Å²) in [6.45, 7) is 2.23. The summed E-state index contributed by atoms with van der Waals surface area (Å²) >= 11 is 0. The van der Waals surface area contributed by atoms with Crippen molar-refractivity contribution in [2.24, 2.45) is 4.40 Å². The van der Waals surface area contributed by atoms with Crippen LogP contribution in [-0.2, 0) is 24.3 Å². The lowest BCUT2D eigenvalue weighted by molar-refractivity contribution is -0.142. The summed E-state index contributed by atoms with van der Waals surface area (Å²) in [6.07, 6.45) is 3.85. The second-order valence-corrected chi connectivity index (χ2v) is 9.53.